The Hall–Kier alpha value is -0.0900. The third-order valence-corrected chi connectivity index (χ3v) is 4.11. The number of ether oxygens (including phenoxy) is 1. The maximum absolute atomic E-state index is 11.0. The molecule has 0 aromatic heterocycles. The van der Waals surface area contributed by atoms with Gasteiger partial charge in [0.15, 0.2) is 9.84 Å². The van der Waals surface area contributed by atoms with Crippen molar-refractivity contribution in [3.8, 4) is 0 Å². The van der Waals surface area contributed by atoms with E-state index < -0.39 is 9.84 Å². The monoisotopic (exact) mass is 162 g/mol. The zero-order chi connectivity index (χ0) is 7.41. The molecule has 2 saturated heterocycles. The summed E-state index contributed by atoms with van der Waals surface area (Å²) >= 11 is 0. The molecule has 2 aliphatic heterocycles. The molecule has 2 unspecified atom stereocenters. The van der Waals surface area contributed by atoms with Crippen molar-refractivity contribution < 1.29 is 13.2 Å². The Labute approximate surface area is 60.3 Å². The minimum absolute atomic E-state index is 0.0301. The van der Waals surface area contributed by atoms with Crippen molar-refractivity contribution in [2.45, 2.75) is 25.0 Å². The van der Waals surface area contributed by atoms with E-state index in [4.69, 9.17) is 4.74 Å². The van der Waals surface area contributed by atoms with Crippen LogP contribution in [-0.2, 0) is 14.6 Å². The van der Waals surface area contributed by atoms with Gasteiger partial charge >= 0.3 is 0 Å². The minimum atomic E-state index is -2.74. The number of hydrogen-bond donors (Lipinski definition) is 0. The zero-order valence-electron chi connectivity index (χ0n) is 5.83. The second-order valence-electron chi connectivity index (χ2n) is 3.08. The second kappa shape index (κ2) is 1.56. The van der Waals surface area contributed by atoms with Crippen LogP contribution in [-0.4, -0.2) is 31.6 Å². The molecule has 2 rings (SSSR count). The summed E-state index contributed by atoms with van der Waals surface area (Å²) in [4.78, 5) is 0. The fourth-order valence-electron chi connectivity index (χ4n) is 1.64. The third-order valence-electron chi connectivity index (χ3n) is 2.37. The number of fused-ring (bicyclic) bond motifs is 1. The quantitative estimate of drug-likeness (QED) is 0.508. The summed E-state index contributed by atoms with van der Waals surface area (Å²) in [6, 6.07) is 0. The van der Waals surface area contributed by atoms with Gasteiger partial charge in [0.1, 0.15) is 11.7 Å². The summed E-state index contributed by atoms with van der Waals surface area (Å²) in [6.07, 6.45) is 0.860. The Bertz CT molecular complexity index is 252. The molecule has 2 heterocycles. The van der Waals surface area contributed by atoms with Crippen LogP contribution >= 0.6 is 0 Å². The Morgan fingerprint density at radius 1 is 1.70 bits per heavy atom. The summed E-state index contributed by atoms with van der Waals surface area (Å²) in [5.41, 5.74) is -0.251. The van der Waals surface area contributed by atoms with Crippen LogP contribution in [0.5, 0.6) is 0 Å². The van der Waals surface area contributed by atoms with E-state index >= 15 is 0 Å². The SMILES string of the molecule is CCC12CS(=O)(=O)CC1O2. The average Bonchev–Trinajstić information content (AvgIpc) is 2.36. The predicted molar refractivity (Wildman–Crippen MR) is 36.5 cm³/mol. The number of sulfone groups is 1. The van der Waals surface area contributed by atoms with Crippen LogP contribution in [0.2, 0.25) is 0 Å². The van der Waals surface area contributed by atoms with E-state index in [2.05, 4.69) is 0 Å². The second-order valence-corrected chi connectivity index (χ2v) is 5.19. The topological polar surface area (TPSA) is 46.7 Å². The largest absolute Gasteiger partial charge is 0.364 e. The maximum Gasteiger partial charge on any atom is 0.155 e. The van der Waals surface area contributed by atoms with Gasteiger partial charge in [0.25, 0.3) is 0 Å². The van der Waals surface area contributed by atoms with E-state index in [0.717, 1.165) is 6.42 Å². The van der Waals surface area contributed by atoms with Crippen molar-refractivity contribution in [3.05, 3.63) is 0 Å². The number of epoxide rings is 1. The average molecular weight is 162 g/mol. The van der Waals surface area contributed by atoms with Gasteiger partial charge in [0.2, 0.25) is 0 Å². The van der Waals surface area contributed by atoms with Crippen molar-refractivity contribution in [3.63, 3.8) is 0 Å². The molecular formula is C6H10O3S. The van der Waals surface area contributed by atoms with Gasteiger partial charge in [-0.15, -0.1) is 0 Å². The normalized spacial score (nSPS) is 48.7. The standard InChI is InChI=1S/C6H10O3S/c1-2-6-4-10(7,8)3-5(6)9-6/h5H,2-4H2,1H3. The highest BCUT2D eigenvalue weighted by Gasteiger charge is 2.64. The smallest absolute Gasteiger partial charge is 0.155 e. The molecule has 0 aromatic carbocycles. The van der Waals surface area contributed by atoms with E-state index in [1.165, 1.54) is 0 Å². The van der Waals surface area contributed by atoms with E-state index in [-0.39, 0.29) is 23.2 Å². The molecule has 0 N–H and O–H groups in total. The van der Waals surface area contributed by atoms with Gasteiger partial charge < -0.3 is 4.74 Å². The van der Waals surface area contributed by atoms with Crippen LogP contribution in [0.15, 0.2) is 0 Å². The Balaban J connectivity index is 2.25. The summed E-state index contributed by atoms with van der Waals surface area (Å²) in [5, 5.41) is 0. The van der Waals surface area contributed by atoms with Crippen LogP contribution < -0.4 is 0 Å². The van der Waals surface area contributed by atoms with Crippen molar-refractivity contribution in [1.29, 1.82) is 0 Å². The third kappa shape index (κ3) is 0.720. The van der Waals surface area contributed by atoms with E-state index in [1.807, 2.05) is 6.92 Å². The van der Waals surface area contributed by atoms with Crippen molar-refractivity contribution in [2.75, 3.05) is 11.5 Å². The van der Waals surface area contributed by atoms with Gasteiger partial charge in [-0.25, -0.2) is 8.42 Å². The molecule has 0 radical (unpaired) electrons. The van der Waals surface area contributed by atoms with Crippen molar-refractivity contribution >= 4 is 9.84 Å². The van der Waals surface area contributed by atoms with E-state index in [1.54, 1.807) is 0 Å². The van der Waals surface area contributed by atoms with Crippen LogP contribution in [0.1, 0.15) is 13.3 Å². The molecule has 0 spiro atoms. The molecule has 3 nitrogen and oxygen atoms in total. The van der Waals surface area contributed by atoms with Crippen molar-refractivity contribution in [2.24, 2.45) is 0 Å². The molecule has 2 atom stereocenters. The highest BCUT2D eigenvalue weighted by molar-refractivity contribution is 7.91. The Morgan fingerprint density at radius 2 is 2.40 bits per heavy atom. The van der Waals surface area contributed by atoms with E-state index in [0.29, 0.717) is 0 Å². The number of hydrogen-bond acceptors (Lipinski definition) is 3. The molecule has 0 aromatic rings. The molecule has 58 valence electrons. The zero-order valence-corrected chi connectivity index (χ0v) is 6.65. The summed E-state index contributed by atoms with van der Waals surface area (Å²) in [7, 11) is -2.74. The number of rotatable bonds is 1. The first kappa shape index (κ1) is 6.61. The molecule has 0 aliphatic carbocycles. The predicted octanol–water partition coefficient (Wildman–Crippen LogP) is -0.0376. The highest BCUT2D eigenvalue weighted by Crippen LogP contribution is 2.46. The van der Waals surface area contributed by atoms with Crippen LogP contribution in [0, 0.1) is 0 Å². The minimum Gasteiger partial charge on any atom is -0.364 e. The molecule has 2 fully saturated rings. The van der Waals surface area contributed by atoms with Gasteiger partial charge in [-0.05, 0) is 6.42 Å². The van der Waals surface area contributed by atoms with Crippen LogP contribution in [0.4, 0.5) is 0 Å². The lowest BCUT2D eigenvalue weighted by molar-refractivity contribution is 0.301. The lowest BCUT2D eigenvalue weighted by atomic mass is 10.1. The van der Waals surface area contributed by atoms with Crippen LogP contribution in [0.3, 0.4) is 0 Å². The van der Waals surface area contributed by atoms with Gasteiger partial charge in [0, 0.05) is 0 Å². The highest BCUT2D eigenvalue weighted by atomic mass is 32.2. The molecule has 0 bridgehead atoms. The lowest BCUT2D eigenvalue weighted by Gasteiger charge is -2.01. The Morgan fingerprint density at radius 3 is 2.70 bits per heavy atom. The van der Waals surface area contributed by atoms with Gasteiger partial charge in [-0.2, -0.15) is 0 Å². The summed E-state index contributed by atoms with van der Waals surface area (Å²) < 4.78 is 27.2. The fraction of sp³-hybridized carbons (Fsp3) is 1.00. The molecule has 2 aliphatic rings. The first-order valence-electron chi connectivity index (χ1n) is 3.46. The maximum atomic E-state index is 11.0. The first-order chi connectivity index (χ1) is 4.58. The molecular weight excluding hydrogens is 152 g/mol. The fourth-order valence-corrected chi connectivity index (χ4v) is 3.79. The Kier molecular flexibility index (Phi) is 1.03. The molecule has 10 heavy (non-hydrogen) atoms. The van der Waals surface area contributed by atoms with Crippen molar-refractivity contribution in [1.82, 2.24) is 0 Å². The molecule has 4 heteroatoms. The van der Waals surface area contributed by atoms with E-state index in [9.17, 15) is 8.42 Å². The molecule has 0 amide bonds. The van der Waals surface area contributed by atoms with Gasteiger partial charge in [0.05, 0.1) is 11.5 Å². The summed E-state index contributed by atoms with van der Waals surface area (Å²) in [5.74, 6) is 0.502. The first-order valence-corrected chi connectivity index (χ1v) is 5.28. The van der Waals surface area contributed by atoms with Gasteiger partial charge in [-0.3, -0.25) is 0 Å². The van der Waals surface area contributed by atoms with Crippen LogP contribution in [0.25, 0.3) is 0 Å². The molecule has 0 saturated carbocycles. The lowest BCUT2D eigenvalue weighted by Crippen LogP contribution is -2.17. The summed E-state index contributed by atoms with van der Waals surface area (Å²) in [6.45, 7) is 1.97. The van der Waals surface area contributed by atoms with Gasteiger partial charge in [-0.1, -0.05) is 6.92 Å².